The third-order valence-electron chi connectivity index (χ3n) is 20.7. The first-order valence-corrected chi connectivity index (χ1v) is 45.0. The number of nitrogens with one attached hydrogen (secondary N) is 2. The maximum absolute atomic E-state index is 6.88. The lowest BCUT2D eigenvalue weighted by Gasteiger charge is -2.20. The molecule has 0 spiro atoms. The molecule has 0 aliphatic rings. The van der Waals surface area contributed by atoms with Gasteiger partial charge in [-0.15, -0.1) is 0 Å². The molecule has 0 saturated heterocycles. The number of ether oxygens (including phenoxy) is 6. The Kier molecular flexibility index (Phi) is 59.3. The first-order chi connectivity index (χ1) is 51.5. The van der Waals surface area contributed by atoms with Crippen LogP contribution in [-0.2, 0) is 0 Å². The third-order valence-corrected chi connectivity index (χ3v) is 20.7. The predicted octanol–water partition coefficient (Wildman–Crippen LogP) is 30.8. The molecule has 0 aliphatic carbocycles. The van der Waals surface area contributed by atoms with Crippen LogP contribution in [0.1, 0.15) is 427 Å². The van der Waals surface area contributed by atoms with Gasteiger partial charge in [0.05, 0.1) is 39.6 Å². The summed E-state index contributed by atoms with van der Waals surface area (Å²) >= 11 is 0. The summed E-state index contributed by atoms with van der Waals surface area (Å²) in [6.45, 7) is 17.4. The molecule has 11 heteroatoms. The standard InChI is InChI=1S/C93H161N5O6/c1-7-13-19-25-31-37-43-49-55-64-72-99-85-78-83(79-86(100-73-65-56-50-44-38-32-26-20-14-8-2)89(85)103-76-68-59-53-47-41-35-29-23-17-11-5)94-92-96-91(82-70-62-61-63-71-82)97-93(98-92)95-84-80-87(101-74-66-57-51-45-39-33-27-21-15-9-3)90(104-77-69-60-54-48-42-36-30-24-18-12-6)88(81-84)102-75-67-58-52-46-40-34-28-22-16-10-4/h61-63,70-71,78-81H,7-60,64-69,72-77H2,1-6H3,(H2,94,95,96,97,98). The summed E-state index contributed by atoms with van der Waals surface area (Å²) in [4.78, 5) is 15.5. The van der Waals surface area contributed by atoms with Crippen LogP contribution in [0, 0.1) is 0 Å². The summed E-state index contributed by atoms with van der Waals surface area (Å²) in [5, 5.41) is 7.35. The Labute approximate surface area is 640 Å². The van der Waals surface area contributed by atoms with E-state index in [1.807, 2.05) is 18.2 Å². The highest BCUT2D eigenvalue weighted by atomic mass is 16.5. The van der Waals surface area contributed by atoms with Crippen molar-refractivity contribution in [2.24, 2.45) is 0 Å². The van der Waals surface area contributed by atoms with Gasteiger partial charge < -0.3 is 39.1 Å². The second-order valence-corrected chi connectivity index (χ2v) is 30.7. The van der Waals surface area contributed by atoms with Crippen molar-refractivity contribution in [1.82, 2.24) is 15.0 Å². The summed E-state index contributed by atoms with van der Waals surface area (Å²) in [5.74, 6) is 5.50. The van der Waals surface area contributed by atoms with E-state index >= 15 is 0 Å². The molecule has 4 aromatic rings. The number of hydrogen-bond donors (Lipinski definition) is 2. The van der Waals surface area contributed by atoms with E-state index in [2.05, 4.69) is 88.6 Å². The number of rotatable bonds is 77. The number of hydrogen-bond acceptors (Lipinski definition) is 11. The zero-order chi connectivity index (χ0) is 73.7. The van der Waals surface area contributed by atoms with Crippen molar-refractivity contribution in [2.45, 2.75) is 427 Å². The fourth-order valence-corrected chi connectivity index (χ4v) is 14.1. The van der Waals surface area contributed by atoms with E-state index in [9.17, 15) is 0 Å². The molecule has 0 unspecified atom stereocenters. The van der Waals surface area contributed by atoms with E-state index in [4.69, 9.17) is 43.4 Å². The first kappa shape index (κ1) is 91.5. The van der Waals surface area contributed by atoms with Gasteiger partial charge in [0.1, 0.15) is 0 Å². The fourth-order valence-electron chi connectivity index (χ4n) is 14.1. The van der Waals surface area contributed by atoms with E-state index in [0.717, 1.165) is 94.0 Å². The molecule has 3 aromatic carbocycles. The van der Waals surface area contributed by atoms with Crippen molar-refractivity contribution in [2.75, 3.05) is 50.3 Å². The van der Waals surface area contributed by atoms with E-state index in [0.29, 0.717) is 91.9 Å². The summed E-state index contributed by atoms with van der Waals surface area (Å²) in [5.41, 5.74) is 2.41. The van der Waals surface area contributed by atoms with Gasteiger partial charge in [0.2, 0.25) is 23.4 Å². The maximum Gasteiger partial charge on any atom is 0.232 e. The average Bonchev–Trinajstić information content (AvgIpc) is 0.812. The quantitative estimate of drug-likeness (QED) is 0.0412. The molecular formula is C93H161N5O6. The second kappa shape index (κ2) is 67.4. The van der Waals surface area contributed by atoms with Crippen LogP contribution < -0.4 is 39.1 Å². The highest BCUT2D eigenvalue weighted by molar-refractivity contribution is 5.70. The van der Waals surface area contributed by atoms with Gasteiger partial charge >= 0.3 is 0 Å². The Hall–Kier alpha value is -4.93. The summed E-state index contributed by atoms with van der Waals surface area (Å²) in [6.07, 6.45) is 76.1. The van der Waals surface area contributed by atoms with Gasteiger partial charge in [-0.05, 0) is 38.5 Å². The molecule has 0 amide bonds. The van der Waals surface area contributed by atoms with E-state index in [1.54, 1.807) is 0 Å². The van der Waals surface area contributed by atoms with Gasteiger partial charge in [-0.3, -0.25) is 0 Å². The number of aromatic nitrogens is 3. The number of unbranched alkanes of at least 4 members (excludes halogenated alkanes) is 54. The highest BCUT2D eigenvalue weighted by Gasteiger charge is 2.21. The third kappa shape index (κ3) is 47.7. The molecule has 0 radical (unpaired) electrons. The van der Waals surface area contributed by atoms with Crippen LogP contribution in [0.15, 0.2) is 54.6 Å². The summed E-state index contributed by atoms with van der Waals surface area (Å²) < 4.78 is 41.2. The van der Waals surface area contributed by atoms with Crippen molar-refractivity contribution < 1.29 is 28.4 Å². The minimum Gasteiger partial charge on any atom is -0.489 e. The van der Waals surface area contributed by atoms with Gasteiger partial charge in [-0.1, -0.05) is 419 Å². The normalized spacial score (nSPS) is 11.4. The molecule has 4 rings (SSSR count). The van der Waals surface area contributed by atoms with Crippen LogP contribution >= 0.6 is 0 Å². The molecule has 0 fully saturated rings. The summed E-state index contributed by atoms with van der Waals surface area (Å²) in [7, 11) is 0. The Morgan fingerprint density at radius 3 is 0.625 bits per heavy atom. The number of nitrogens with zero attached hydrogens (tertiary/aromatic N) is 3. The molecule has 11 nitrogen and oxygen atoms in total. The van der Waals surface area contributed by atoms with Gasteiger partial charge in [0, 0.05) is 41.2 Å². The molecule has 0 saturated carbocycles. The van der Waals surface area contributed by atoms with Crippen molar-refractivity contribution in [3.05, 3.63) is 54.6 Å². The SMILES string of the molecule is CCCCCCCCCCCCOc1cc(Nc2nc(Nc3cc(OCCCCCCCCCCCC)c(OCCCCCCCCCCCC)c(OCCCCCCCCCCCC)c3)nc(-c3ccccc3)n2)cc(OCCCCCCCCCCCC)c1OCCCCCCCCCCCC. The molecule has 1 aromatic heterocycles. The Morgan fingerprint density at radius 1 is 0.221 bits per heavy atom. The van der Waals surface area contributed by atoms with E-state index < -0.39 is 0 Å². The summed E-state index contributed by atoms with van der Waals surface area (Å²) in [6, 6.07) is 18.5. The lowest BCUT2D eigenvalue weighted by Crippen LogP contribution is -2.09. The Morgan fingerprint density at radius 2 is 0.413 bits per heavy atom. The van der Waals surface area contributed by atoms with Gasteiger partial charge in [0.25, 0.3) is 0 Å². The maximum atomic E-state index is 6.88. The molecule has 594 valence electrons. The minimum atomic E-state index is 0.396. The largest absolute Gasteiger partial charge is 0.489 e. The smallest absolute Gasteiger partial charge is 0.232 e. The topological polar surface area (TPSA) is 118 Å². The van der Waals surface area contributed by atoms with Crippen LogP contribution in [0.2, 0.25) is 0 Å². The van der Waals surface area contributed by atoms with Crippen LogP contribution in [0.4, 0.5) is 23.3 Å². The van der Waals surface area contributed by atoms with Crippen LogP contribution in [0.25, 0.3) is 11.4 Å². The van der Waals surface area contributed by atoms with Gasteiger partial charge in [-0.25, -0.2) is 0 Å². The zero-order valence-corrected chi connectivity index (χ0v) is 68.7. The lowest BCUT2D eigenvalue weighted by atomic mass is 10.1. The van der Waals surface area contributed by atoms with Crippen LogP contribution in [0.3, 0.4) is 0 Å². The lowest BCUT2D eigenvalue weighted by molar-refractivity contribution is 0.234. The van der Waals surface area contributed by atoms with Crippen molar-refractivity contribution in [3.63, 3.8) is 0 Å². The van der Waals surface area contributed by atoms with E-state index in [-0.39, 0.29) is 0 Å². The van der Waals surface area contributed by atoms with Gasteiger partial charge in [-0.2, -0.15) is 15.0 Å². The Balaban J connectivity index is 1.71. The van der Waals surface area contributed by atoms with Gasteiger partial charge in [0.15, 0.2) is 28.8 Å². The monoisotopic (exact) mass is 1440 g/mol. The Bertz CT molecular complexity index is 2300. The van der Waals surface area contributed by atoms with Crippen molar-refractivity contribution in [1.29, 1.82) is 0 Å². The highest BCUT2D eigenvalue weighted by Crippen LogP contribution is 2.44. The predicted molar refractivity (Wildman–Crippen MR) is 449 cm³/mol. The molecule has 0 bridgehead atoms. The van der Waals surface area contributed by atoms with Crippen molar-refractivity contribution in [3.8, 4) is 45.9 Å². The van der Waals surface area contributed by atoms with Crippen molar-refractivity contribution >= 4 is 23.3 Å². The molecule has 2 N–H and O–H groups in total. The number of anilines is 4. The molecule has 1 heterocycles. The second-order valence-electron chi connectivity index (χ2n) is 30.7. The molecule has 0 atom stereocenters. The zero-order valence-electron chi connectivity index (χ0n) is 68.7. The molecule has 104 heavy (non-hydrogen) atoms. The van der Waals surface area contributed by atoms with Crippen LogP contribution in [0.5, 0.6) is 34.5 Å². The van der Waals surface area contributed by atoms with E-state index in [1.165, 1.54) is 308 Å². The fraction of sp³-hybridized carbons (Fsp3) is 0.774. The first-order valence-electron chi connectivity index (χ1n) is 45.0. The average molecular weight is 1450 g/mol. The number of benzene rings is 3. The molecular weight excluding hydrogens is 1280 g/mol. The minimum absolute atomic E-state index is 0.396. The molecule has 0 aliphatic heterocycles. The van der Waals surface area contributed by atoms with Crippen LogP contribution in [-0.4, -0.2) is 54.6 Å².